The molecule has 3 fully saturated rings. The molecule has 1 heterocycles. The van der Waals surface area contributed by atoms with Crippen molar-refractivity contribution in [1.82, 2.24) is 4.90 Å². The number of rotatable bonds is 4. The highest BCUT2D eigenvalue weighted by Crippen LogP contribution is 2.50. The van der Waals surface area contributed by atoms with Crippen molar-refractivity contribution >= 4 is 18.3 Å². The van der Waals surface area contributed by atoms with Crippen LogP contribution in [-0.2, 0) is 4.79 Å². The minimum Gasteiger partial charge on any atom is -0.340 e. The molecule has 4 atom stereocenters. The Morgan fingerprint density at radius 1 is 1.21 bits per heavy atom. The zero-order valence-corrected chi connectivity index (χ0v) is 12.5. The molecule has 1 aliphatic heterocycles. The number of nitrogens with zero attached hydrogens (tertiary/aromatic N) is 1. The van der Waals surface area contributed by atoms with Gasteiger partial charge in [0.1, 0.15) is 0 Å². The van der Waals surface area contributed by atoms with E-state index in [9.17, 15) is 4.79 Å². The Balaban J connectivity index is 0.00000133. The molecule has 0 radical (unpaired) electrons. The lowest BCUT2D eigenvalue weighted by molar-refractivity contribution is -0.132. The normalized spacial score (nSPS) is 36.6. The summed E-state index contributed by atoms with van der Waals surface area (Å²) in [5.74, 6) is 3.22. The van der Waals surface area contributed by atoms with E-state index in [2.05, 4.69) is 4.90 Å². The van der Waals surface area contributed by atoms with Crippen LogP contribution in [0.15, 0.2) is 0 Å². The van der Waals surface area contributed by atoms with Gasteiger partial charge in [-0.1, -0.05) is 6.42 Å². The van der Waals surface area contributed by atoms with Crippen molar-refractivity contribution in [3.63, 3.8) is 0 Å². The van der Waals surface area contributed by atoms with Crippen molar-refractivity contribution in [2.45, 2.75) is 57.4 Å². The van der Waals surface area contributed by atoms with Crippen LogP contribution in [-0.4, -0.2) is 29.9 Å². The van der Waals surface area contributed by atoms with Crippen LogP contribution in [0, 0.1) is 17.8 Å². The Morgan fingerprint density at radius 3 is 2.68 bits per heavy atom. The third kappa shape index (κ3) is 3.08. The lowest BCUT2D eigenvalue weighted by Crippen LogP contribution is -2.38. The molecule has 3 aliphatic rings. The highest BCUT2D eigenvalue weighted by atomic mass is 35.5. The SMILES string of the molecule is Cl.NCCC(=O)N1CCCC1CC1CC2CCC1C2. The van der Waals surface area contributed by atoms with Crippen molar-refractivity contribution in [1.29, 1.82) is 0 Å². The Labute approximate surface area is 122 Å². The number of nitrogens with two attached hydrogens (primary N) is 1. The smallest absolute Gasteiger partial charge is 0.224 e. The number of carbonyl (C=O) groups excluding carboxylic acids is 1. The van der Waals surface area contributed by atoms with Gasteiger partial charge in [-0.15, -0.1) is 12.4 Å². The highest BCUT2D eigenvalue weighted by molar-refractivity contribution is 5.85. The molecule has 19 heavy (non-hydrogen) atoms. The third-order valence-corrected chi connectivity index (χ3v) is 5.52. The van der Waals surface area contributed by atoms with Crippen molar-refractivity contribution in [3.8, 4) is 0 Å². The topological polar surface area (TPSA) is 46.3 Å². The van der Waals surface area contributed by atoms with E-state index in [0.717, 1.165) is 24.3 Å². The number of hydrogen-bond donors (Lipinski definition) is 1. The predicted octanol–water partition coefficient (Wildman–Crippen LogP) is 2.57. The van der Waals surface area contributed by atoms with Gasteiger partial charge >= 0.3 is 0 Å². The van der Waals surface area contributed by atoms with E-state index in [-0.39, 0.29) is 12.4 Å². The zero-order valence-electron chi connectivity index (χ0n) is 11.7. The van der Waals surface area contributed by atoms with Crippen LogP contribution in [0.2, 0.25) is 0 Å². The monoisotopic (exact) mass is 286 g/mol. The summed E-state index contributed by atoms with van der Waals surface area (Å²) in [5.41, 5.74) is 5.51. The molecule has 0 aromatic rings. The molecule has 2 aliphatic carbocycles. The first kappa shape index (κ1) is 15.1. The number of carbonyl (C=O) groups is 1. The summed E-state index contributed by atoms with van der Waals surface area (Å²) in [6.45, 7) is 1.47. The maximum Gasteiger partial charge on any atom is 0.224 e. The molecule has 1 saturated heterocycles. The molecular weight excluding hydrogens is 260 g/mol. The van der Waals surface area contributed by atoms with E-state index in [1.54, 1.807) is 0 Å². The molecule has 110 valence electrons. The van der Waals surface area contributed by atoms with E-state index in [0.29, 0.717) is 24.9 Å². The largest absolute Gasteiger partial charge is 0.340 e. The van der Waals surface area contributed by atoms with Crippen LogP contribution in [0.4, 0.5) is 0 Å². The van der Waals surface area contributed by atoms with Gasteiger partial charge in [-0.2, -0.15) is 0 Å². The van der Waals surface area contributed by atoms with Crippen molar-refractivity contribution in [3.05, 3.63) is 0 Å². The van der Waals surface area contributed by atoms with Crippen LogP contribution in [0.3, 0.4) is 0 Å². The minimum absolute atomic E-state index is 0. The standard InChI is InChI=1S/C15H26N2O.ClH/c16-6-5-15(18)17-7-1-2-14(17)10-13-9-11-3-4-12(13)8-11;/h11-14H,1-10,16H2;1H. The predicted molar refractivity (Wildman–Crippen MR) is 79.2 cm³/mol. The molecule has 3 rings (SSSR count). The average molecular weight is 287 g/mol. The van der Waals surface area contributed by atoms with Gasteiger partial charge in [0.15, 0.2) is 0 Å². The lowest BCUT2D eigenvalue weighted by atomic mass is 9.83. The molecule has 2 bridgehead atoms. The molecule has 2 saturated carbocycles. The van der Waals surface area contributed by atoms with Crippen LogP contribution in [0.25, 0.3) is 0 Å². The van der Waals surface area contributed by atoms with E-state index >= 15 is 0 Å². The van der Waals surface area contributed by atoms with Gasteiger partial charge in [0.2, 0.25) is 5.91 Å². The summed E-state index contributed by atoms with van der Waals surface area (Å²) in [4.78, 5) is 14.2. The second kappa shape index (κ2) is 6.45. The quantitative estimate of drug-likeness (QED) is 0.863. The van der Waals surface area contributed by atoms with Crippen molar-refractivity contribution in [2.75, 3.05) is 13.1 Å². The molecule has 0 aromatic carbocycles. The van der Waals surface area contributed by atoms with E-state index in [1.807, 2.05) is 0 Å². The number of fused-ring (bicyclic) bond motifs is 2. The number of halogens is 1. The van der Waals surface area contributed by atoms with Crippen LogP contribution >= 0.6 is 12.4 Å². The van der Waals surface area contributed by atoms with E-state index in [4.69, 9.17) is 5.73 Å². The second-order valence-corrected chi connectivity index (χ2v) is 6.59. The average Bonchev–Trinajstić information content (AvgIpc) is 3.04. The number of likely N-dealkylation sites (tertiary alicyclic amines) is 1. The van der Waals surface area contributed by atoms with Crippen molar-refractivity contribution in [2.24, 2.45) is 23.5 Å². The number of hydrogen-bond acceptors (Lipinski definition) is 2. The van der Waals surface area contributed by atoms with Gasteiger partial charge in [-0.3, -0.25) is 4.79 Å². The van der Waals surface area contributed by atoms with Gasteiger partial charge in [0, 0.05) is 25.6 Å². The molecule has 4 unspecified atom stereocenters. The fourth-order valence-electron chi connectivity index (χ4n) is 4.69. The molecule has 0 spiro atoms. The molecule has 4 heteroatoms. The molecular formula is C15H27ClN2O. The van der Waals surface area contributed by atoms with Gasteiger partial charge in [0.05, 0.1) is 0 Å². The maximum atomic E-state index is 12.0. The molecule has 3 nitrogen and oxygen atoms in total. The zero-order chi connectivity index (χ0) is 12.5. The summed E-state index contributed by atoms with van der Waals surface area (Å²) in [6, 6.07) is 0.536. The summed E-state index contributed by atoms with van der Waals surface area (Å²) >= 11 is 0. The first-order chi connectivity index (χ1) is 8.78. The van der Waals surface area contributed by atoms with E-state index in [1.165, 1.54) is 44.9 Å². The summed E-state index contributed by atoms with van der Waals surface area (Å²) in [6.07, 6.45) is 10.1. The molecule has 2 N–H and O–H groups in total. The van der Waals surface area contributed by atoms with Gasteiger partial charge in [0.25, 0.3) is 0 Å². The van der Waals surface area contributed by atoms with Crippen LogP contribution in [0.1, 0.15) is 51.4 Å². The van der Waals surface area contributed by atoms with Crippen LogP contribution in [0.5, 0.6) is 0 Å². The molecule has 0 aromatic heterocycles. The van der Waals surface area contributed by atoms with E-state index < -0.39 is 0 Å². The summed E-state index contributed by atoms with van der Waals surface area (Å²) in [7, 11) is 0. The van der Waals surface area contributed by atoms with Gasteiger partial charge < -0.3 is 10.6 Å². The maximum absolute atomic E-state index is 12.0. The van der Waals surface area contributed by atoms with Crippen molar-refractivity contribution < 1.29 is 4.79 Å². The fourth-order valence-corrected chi connectivity index (χ4v) is 4.69. The Kier molecular flexibility index (Phi) is 5.13. The Morgan fingerprint density at radius 2 is 2.05 bits per heavy atom. The summed E-state index contributed by atoms with van der Waals surface area (Å²) in [5, 5.41) is 0. The summed E-state index contributed by atoms with van der Waals surface area (Å²) < 4.78 is 0. The fraction of sp³-hybridized carbons (Fsp3) is 0.933. The third-order valence-electron chi connectivity index (χ3n) is 5.52. The second-order valence-electron chi connectivity index (χ2n) is 6.59. The lowest BCUT2D eigenvalue weighted by Gasteiger charge is -2.30. The van der Waals surface area contributed by atoms with Crippen LogP contribution < -0.4 is 5.73 Å². The first-order valence-corrected chi connectivity index (χ1v) is 7.77. The Bertz CT molecular complexity index is 323. The minimum atomic E-state index is 0. The Hall–Kier alpha value is -0.280. The van der Waals surface area contributed by atoms with Gasteiger partial charge in [-0.05, 0) is 56.3 Å². The molecule has 1 amide bonds. The highest BCUT2D eigenvalue weighted by Gasteiger charge is 2.41. The van der Waals surface area contributed by atoms with Gasteiger partial charge in [-0.25, -0.2) is 0 Å². The first-order valence-electron chi connectivity index (χ1n) is 7.77. The number of amides is 1.